The zero-order valence-electron chi connectivity index (χ0n) is 10.4. The highest BCUT2D eigenvalue weighted by atomic mass is 35.5. The van der Waals surface area contributed by atoms with Crippen molar-refractivity contribution in [3.8, 4) is 0 Å². The van der Waals surface area contributed by atoms with E-state index >= 15 is 0 Å². The minimum Gasteiger partial charge on any atom is -0.296 e. The fraction of sp³-hybridized carbons (Fsp3) is 0. The molecule has 2 aromatic carbocycles. The lowest BCUT2D eigenvalue weighted by Crippen LogP contribution is -2.17. The predicted molar refractivity (Wildman–Crippen MR) is 79.3 cm³/mol. The summed E-state index contributed by atoms with van der Waals surface area (Å²) >= 11 is 5.75. The second-order valence-electron chi connectivity index (χ2n) is 3.93. The molecule has 0 amide bonds. The average molecular weight is 287 g/mol. The van der Waals surface area contributed by atoms with Crippen molar-refractivity contribution in [2.24, 2.45) is 5.10 Å². The number of hydrogen-bond acceptors (Lipinski definition) is 4. The van der Waals surface area contributed by atoms with Crippen molar-refractivity contribution in [1.82, 2.24) is 0 Å². The maximum Gasteiger partial charge on any atom is 0.216 e. The van der Waals surface area contributed by atoms with Crippen LogP contribution >= 0.6 is 11.6 Å². The van der Waals surface area contributed by atoms with E-state index in [2.05, 4.69) is 10.5 Å². The Balaban J connectivity index is 2.17. The topological polar surface area (TPSA) is 58.5 Å². The molecule has 0 unspecified atom stereocenters. The molecule has 0 aliphatic rings. The molecule has 0 radical (unpaired) electrons. The lowest BCUT2D eigenvalue weighted by molar-refractivity contribution is -0.102. The number of carbonyl (C=O) groups excluding carboxylic acids is 2. The van der Waals surface area contributed by atoms with Gasteiger partial charge in [0.15, 0.2) is 12.0 Å². The number of carbonyl (C=O) groups is 2. The van der Waals surface area contributed by atoms with Gasteiger partial charge in [0.25, 0.3) is 0 Å². The second-order valence-corrected chi connectivity index (χ2v) is 4.37. The number of benzene rings is 2. The first kappa shape index (κ1) is 14.0. The minimum atomic E-state index is -0.458. The van der Waals surface area contributed by atoms with Crippen molar-refractivity contribution < 1.29 is 9.59 Å². The van der Waals surface area contributed by atoms with Crippen LogP contribution in [0.25, 0.3) is 0 Å². The summed E-state index contributed by atoms with van der Waals surface area (Å²) < 4.78 is 0. The number of anilines is 1. The van der Waals surface area contributed by atoms with E-state index < -0.39 is 5.78 Å². The van der Waals surface area contributed by atoms with Crippen molar-refractivity contribution in [2.75, 3.05) is 5.43 Å². The lowest BCUT2D eigenvalue weighted by atomic mass is 10.1. The summed E-state index contributed by atoms with van der Waals surface area (Å²) in [6, 6.07) is 15.3. The predicted octanol–water partition coefficient (Wildman–Crippen LogP) is 3.19. The fourth-order valence-corrected chi connectivity index (χ4v) is 1.64. The van der Waals surface area contributed by atoms with Gasteiger partial charge in [0.1, 0.15) is 0 Å². The van der Waals surface area contributed by atoms with E-state index in [0.29, 0.717) is 22.6 Å². The Morgan fingerprint density at radius 1 is 1.05 bits per heavy atom. The lowest BCUT2D eigenvalue weighted by Gasteiger charge is -2.02. The van der Waals surface area contributed by atoms with E-state index in [1.807, 2.05) is 18.2 Å². The van der Waals surface area contributed by atoms with E-state index in [1.54, 1.807) is 36.4 Å². The molecular weight excluding hydrogens is 276 g/mol. The molecule has 0 fully saturated rings. The van der Waals surface area contributed by atoms with Gasteiger partial charge in [-0.1, -0.05) is 29.8 Å². The van der Waals surface area contributed by atoms with Crippen LogP contribution in [0.5, 0.6) is 0 Å². The molecule has 2 aromatic rings. The van der Waals surface area contributed by atoms with Crippen LogP contribution < -0.4 is 5.43 Å². The first-order valence-electron chi connectivity index (χ1n) is 5.85. The van der Waals surface area contributed by atoms with Crippen LogP contribution in [0.4, 0.5) is 5.69 Å². The number of aldehydes is 1. The standard InChI is InChI=1S/C15H11ClN2O2/c16-12-8-6-11(7-9-12)15(20)14(10-19)18-17-13-4-2-1-3-5-13/h1-10,17H. The zero-order valence-corrected chi connectivity index (χ0v) is 11.2. The van der Waals surface area contributed by atoms with Crippen molar-refractivity contribution >= 4 is 35.1 Å². The Morgan fingerprint density at radius 3 is 2.30 bits per heavy atom. The summed E-state index contributed by atoms with van der Waals surface area (Å²) in [6.07, 6.45) is 0.423. The summed E-state index contributed by atoms with van der Waals surface area (Å²) in [5, 5.41) is 4.35. The number of nitrogens with zero attached hydrogens (tertiary/aromatic N) is 1. The van der Waals surface area contributed by atoms with Crippen LogP contribution in [-0.2, 0) is 4.79 Å². The molecule has 4 nitrogen and oxygen atoms in total. The molecule has 0 heterocycles. The quantitative estimate of drug-likeness (QED) is 0.302. The molecule has 0 saturated carbocycles. The van der Waals surface area contributed by atoms with Gasteiger partial charge in [0.2, 0.25) is 5.78 Å². The summed E-state index contributed by atoms with van der Waals surface area (Å²) in [5.74, 6) is -0.458. The number of rotatable bonds is 5. The monoisotopic (exact) mass is 286 g/mol. The smallest absolute Gasteiger partial charge is 0.216 e. The second kappa shape index (κ2) is 6.63. The molecular formula is C15H11ClN2O2. The number of para-hydroxylation sites is 1. The van der Waals surface area contributed by atoms with Gasteiger partial charge in [-0.2, -0.15) is 5.10 Å². The highest BCUT2D eigenvalue weighted by Crippen LogP contribution is 2.11. The molecule has 5 heteroatoms. The normalized spacial score (nSPS) is 10.9. The molecule has 0 atom stereocenters. The molecule has 1 N–H and O–H groups in total. The molecule has 0 aromatic heterocycles. The number of Topliss-reactive ketones (excluding diaryl/α,β-unsaturated/α-hetero) is 1. The van der Waals surface area contributed by atoms with Gasteiger partial charge >= 0.3 is 0 Å². The third-order valence-corrected chi connectivity index (χ3v) is 2.78. The van der Waals surface area contributed by atoms with E-state index in [1.165, 1.54) is 0 Å². The van der Waals surface area contributed by atoms with Crippen molar-refractivity contribution in [3.05, 3.63) is 65.2 Å². The average Bonchev–Trinajstić information content (AvgIpc) is 2.49. The van der Waals surface area contributed by atoms with E-state index in [0.717, 1.165) is 0 Å². The number of halogens is 1. The number of hydrogen-bond donors (Lipinski definition) is 1. The molecule has 2 rings (SSSR count). The molecule has 0 spiro atoms. The van der Waals surface area contributed by atoms with Gasteiger partial charge in [0, 0.05) is 10.6 Å². The molecule has 0 saturated heterocycles. The largest absolute Gasteiger partial charge is 0.296 e. The summed E-state index contributed by atoms with van der Waals surface area (Å²) in [6.45, 7) is 0. The first-order valence-corrected chi connectivity index (χ1v) is 6.22. The zero-order chi connectivity index (χ0) is 14.4. The van der Waals surface area contributed by atoms with Crippen molar-refractivity contribution in [1.29, 1.82) is 0 Å². The van der Waals surface area contributed by atoms with Crippen LogP contribution in [0.1, 0.15) is 10.4 Å². The van der Waals surface area contributed by atoms with Gasteiger partial charge in [0.05, 0.1) is 5.69 Å². The SMILES string of the molecule is O=CC(=NNc1ccccc1)C(=O)c1ccc(Cl)cc1. The summed E-state index contributed by atoms with van der Waals surface area (Å²) in [4.78, 5) is 23.1. The maximum absolute atomic E-state index is 12.1. The fourth-order valence-electron chi connectivity index (χ4n) is 1.52. The molecule has 0 bridgehead atoms. The first-order chi connectivity index (χ1) is 9.70. The van der Waals surface area contributed by atoms with E-state index in [9.17, 15) is 9.59 Å². The van der Waals surface area contributed by atoms with Gasteiger partial charge in [-0.15, -0.1) is 0 Å². The van der Waals surface area contributed by atoms with Crippen LogP contribution in [0.15, 0.2) is 59.7 Å². The highest BCUT2D eigenvalue weighted by Gasteiger charge is 2.13. The van der Waals surface area contributed by atoms with Gasteiger partial charge in [-0.05, 0) is 36.4 Å². The Labute approximate surface area is 121 Å². The highest BCUT2D eigenvalue weighted by molar-refractivity contribution is 6.63. The summed E-state index contributed by atoms with van der Waals surface area (Å²) in [7, 11) is 0. The van der Waals surface area contributed by atoms with Crippen LogP contribution in [-0.4, -0.2) is 17.8 Å². The number of ketones is 1. The van der Waals surface area contributed by atoms with Crippen molar-refractivity contribution in [2.45, 2.75) is 0 Å². The third kappa shape index (κ3) is 3.52. The van der Waals surface area contributed by atoms with E-state index in [4.69, 9.17) is 11.6 Å². The van der Waals surface area contributed by atoms with Gasteiger partial charge in [-0.3, -0.25) is 15.0 Å². The van der Waals surface area contributed by atoms with Crippen LogP contribution in [0.2, 0.25) is 5.02 Å². The molecule has 0 aliphatic carbocycles. The Hall–Kier alpha value is -2.46. The molecule has 100 valence electrons. The number of nitrogens with one attached hydrogen (secondary N) is 1. The van der Waals surface area contributed by atoms with Crippen LogP contribution in [0.3, 0.4) is 0 Å². The summed E-state index contributed by atoms with van der Waals surface area (Å²) in [5.41, 5.74) is 3.52. The molecule has 0 aliphatic heterocycles. The number of hydrazone groups is 1. The van der Waals surface area contributed by atoms with Crippen molar-refractivity contribution in [3.63, 3.8) is 0 Å². The maximum atomic E-state index is 12.1. The Bertz CT molecular complexity index is 637. The Kier molecular flexibility index (Phi) is 4.63. The third-order valence-electron chi connectivity index (χ3n) is 2.53. The van der Waals surface area contributed by atoms with Gasteiger partial charge < -0.3 is 0 Å². The van der Waals surface area contributed by atoms with Crippen LogP contribution in [0, 0.1) is 0 Å². The molecule has 20 heavy (non-hydrogen) atoms. The van der Waals surface area contributed by atoms with E-state index in [-0.39, 0.29) is 5.71 Å². The Morgan fingerprint density at radius 2 is 1.70 bits per heavy atom. The van der Waals surface area contributed by atoms with Gasteiger partial charge in [-0.25, -0.2) is 0 Å². The minimum absolute atomic E-state index is 0.198.